The van der Waals surface area contributed by atoms with Gasteiger partial charge in [0.1, 0.15) is 0 Å². The van der Waals surface area contributed by atoms with Crippen molar-refractivity contribution in [1.82, 2.24) is 0 Å². The molecule has 0 aromatic carbocycles. The Morgan fingerprint density at radius 1 is 0.824 bits per heavy atom. The molecule has 0 aromatic rings. The van der Waals surface area contributed by atoms with Crippen molar-refractivity contribution >= 4 is 0 Å². The Morgan fingerprint density at radius 2 is 1.56 bits per heavy atom. The zero-order chi connectivity index (χ0) is 24.7. The van der Waals surface area contributed by atoms with Crippen LogP contribution in [-0.2, 0) is 0 Å². The lowest BCUT2D eigenvalue weighted by molar-refractivity contribution is -0.237. The fourth-order valence-electron chi connectivity index (χ4n) is 11.9. The molecule has 190 valence electrons. The lowest BCUT2D eigenvalue weighted by Crippen LogP contribution is -2.66. The summed E-state index contributed by atoms with van der Waals surface area (Å²) >= 11 is 0. The smallest absolute Gasteiger partial charge is 0.0973 e. The standard InChI is InChI=1S/C30H48N2O2/c1-19(2)20-10-15-30(18-31-33)17-16-28(6)21(25(20)30)8-9-23-27(5)13-12-24(32-34)26(3,4)22(27)11-14-29(23,28)7/h20-25H,1,8-18H2,2-7H3/t20-,21?,22?,23?,24?,25?,27-,28+,29+,30+/m0/s1. The maximum atomic E-state index is 11.7. The van der Waals surface area contributed by atoms with Gasteiger partial charge in [0.15, 0.2) is 0 Å². The predicted octanol–water partition coefficient (Wildman–Crippen LogP) is 8.55. The van der Waals surface area contributed by atoms with Crippen LogP contribution in [0.3, 0.4) is 0 Å². The van der Waals surface area contributed by atoms with Crippen LogP contribution >= 0.6 is 0 Å². The lowest BCUT2D eigenvalue weighted by Gasteiger charge is -2.72. The summed E-state index contributed by atoms with van der Waals surface area (Å²) in [6, 6.07) is -0.0391. The molecule has 0 saturated heterocycles. The summed E-state index contributed by atoms with van der Waals surface area (Å²) in [5, 5.41) is 7.14. The molecular formula is C30H48N2O2. The quantitative estimate of drug-likeness (QED) is 0.306. The summed E-state index contributed by atoms with van der Waals surface area (Å²) in [6.45, 7) is 19.7. The molecule has 0 heterocycles. The molecule has 4 heteroatoms. The molecule has 10 atom stereocenters. The summed E-state index contributed by atoms with van der Waals surface area (Å²) in [5.41, 5.74) is 2.31. The van der Waals surface area contributed by atoms with Crippen LogP contribution in [0.25, 0.3) is 0 Å². The van der Waals surface area contributed by atoms with Gasteiger partial charge in [-0.25, -0.2) is 0 Å². The molecule has 0 spiro atoms. The van der Waals surface area contributed by atoms with Crippen LogP contribution in [0.5, 0.6) is 0 Å². The Hall–Kier alpha value is -1.06. The first kappa shape index (κ1) is 24.6. The second-order valence-electron chi connectivity index (χ2n) is 14.8. The van der Waals surface area contributed by atoms with Crippen molar-refractivity contribution in [3.05, 3.63) is 22.0 Å². The number of allylic oxidation sites excluding steroid dienone is 1. The molecule has 5 unspecified atom stereocenters. The van der Waals surface area contributed by atoms with Gasteiger partial charge in [-0.15, -0.1) is 0 Å². The minimum absolute atomic E-state index is 0.0122. The van der Waals surface area contributed by atoms with Gasteiger partial charge in [-0.3, -0.25) is 0 Å². The van der Waals surface area contributed by atoms with E-state index in [1.165, 1.54) is 44.1 Å². The molecular weight excluding hydrogens is 420 g/mol. The highest BCUT2D eigenvalue weighted by molar-refractivity contribution is 5.22. The van der Waals surface area contributed by atoms with E-state index in [9.17, 15) is 9.81 Å². The highest BCUT2D eigenvalue weighted by Crippen LogP contribution is 2.77. The zero-order valence-electron chi connectivity index (χ0n) is 22.7. The summed E-state index contributed by atoms with van der Waals surface area (Å²) < 4.78 is 0. The van der Waals surface area contributed by atoms with Crippen LogP contribution in [0.2, 0.25) is 0 Å². The average molecular weight is 469 g/mol. The summed E-state index contributed by atoms with van der Waals surface area (Å²) in [7, 11) is 0. The molecule has 5 aliphatic carbocycles. The summed E-state index contributed by atoms with van der Waals surface area (Å²) in [4.78, 5) is 23.4. The number of nitroso groups, excluding NO2 is 2. The van der Waals surface area contributed by atoms with Gasteiger partial charge in [0.05, 0.1) is 12.6 Å². The van der Waals surface area contributed by atoms with Gasteiger partial charge in [-0.1, -0.05) is 57.1 Å². The van der Waals surface area contributed by atoms with E-state index in [2.05, 4.69) is 58.5 Å². The van der Waals surface area contributed by atoms with Crippen molar-refractivity contribution in [1.29, 1.82) is 0 Å². The van der Waals surface area contributed by atoms with E-state index in [1.54, 1.807) is 0 Å². The maximum absolute atomic E-state index is 11.7. The van der Waals surface area contributed by atoms with E-state index in [4.69, 9.17) is 0 Å². The third-order valence-corrected chi connectivity index (χ3v) is 13.7. The van der Waals surface area contributed by atoms with Crippen LogP contribution in [0.4, 0.5) is 0 Å². The molecule has 0 N–H and O–H groups in total. The number of fused-ring (bicyclic) bond motifs is 7. The molecule has 0 radical (unpaired) electrons. The third-order valence-electron chi connectivity index (χ3n) is 13.7. The molecule has 0 aliphatic heterocycles. The van der Waals surface area contributed by atoms with Gasteiger partial charge >= 0.3 is 0 Å². The van der Waals surface area contributed by atoms with Crippen LogP contribution < -0.4 is 0 Å². The van der Waals surface area contributed by atoms with Gasteiger partial charge in [0.25, 0.3) is 0 Å². The van der Waals surface area contributed by atoms with Crippen LogP contribution in [0, 0.1) is 66.5 Å². The number of nitrogens with zero attached hydrogens (tertiary/aromatic N) is 2. The largest absolute Gasteiger partial charge is 0.151 e. The third kappa shape index (κ3) is 2.89. The molecule has 5 fully saturated rings. The topological polar surface area (TPSA) is 58.9 Å². The first-order valence-electron chi connectivity index (χ1n) is 14.2. The molecule has 0 bridgehead atoms. The van der Waals surface area contributed by atoms with E-state index >= 15 is 0 Å². The zero-order valence-corrected chi connectivity index (χ0v) is 22.7. The SMILES string of the molecule is C=C(C)[C@@H]1CC[C@]2(CN=O)CC[C@]3(C)C(CCC4[C@@]5(C)CCC(N=O)C(C)(C)C5CC[C@]43C)C12. The minimum atomic E-state index is -0.0391. The molecule has 34 heavy (non-hydrogen) atoms. The van der Waals surface area contributed by atoms with E-state index < -0.39 is 0 Å². The van der Waals surface area contributed by atoms with E-state index in [1.807, 2.05) is 0 Å². The Labute approximate surface area is 207 Å². The van der Waals surface area contributed by atoms with E-state index in [0.29, 0.717) is 47.0 Å². The molecule has 5 saturated carbocycles. The van der Waals surface area contributed by atoms with E-state index in [-0.39, 0.29) is 22.3 Å². The molecule has 0 aromatic heterocycles. The van der Waals surface area contributed by atoms with E-state index in [0.717, 1.165) is 25.7 Å². The maximum Gasteiger partial charge on any atom is 0.0973 e. The molecule has 4 nitrogen and oxygen atoms in total. The highest BCUT2D eigenvalue weighted by Gasteiger charge is 2.71. The Balaban J connectivity index is 1.54. The van der Waals surface area contributed by atoms with Crippen LogP contribution in [0.1, 0.15) is 106 Å². The van der Waals surface area contributed by atoms with Crippen molar-refractivity contribution in [2.75, 3.05) is 6.54 Å². The number of hydrogen-bond acceptors (Lipinski definition) is 4. The molecule has 5 rings (SSSR count). The van der Waals surface area contributed by atoms with Crippen molar-refractivity contribution < 1.29 is 0 Å². The van der Waals surface area contributed by atoms with Crippen molar-refractivity contribution in [3.63, 3.8) is 0 Å². The minimum Gasteiger partial charge on any atom is -0.151 e. The number of hydrogen-bond donors (Lipinski definition) is 0. The second kappa shape index (κ2) is 7.72. The summed E-state index contributed by atoms with van der Waals surface area (Å²) in [6.07, 6.45) is 11.9. The predicted molar refractivity (Wildman–Crippen MR) is 139 cm³/mol. The lowest BCUT2D eigenvalue weighted by atomic mass is 9.32. The fraction of sp³-hybridized carbons (Fsp3) is 0.933. The Morgan fingerprint density at radius 3 is 2.21 bits per heavy atom. The summed E-state index contributed by atoms with van der Waals surface area (Å²) in [5.74, 6) is 3.05. The van der Waals surface area contributed by atoms with Crippen molar-refractivity contribution in [2.45, 2.75) is 112 Å². The second-order valence-corrected chi connectivity index (χ2v) is 14.8. The fourth-order valence-corrected chi connectivity index (χ4v) is 11.9. The van der Waals surface area contributed by atoms with Gasteiger partial charge < -0.3 is 0 Å². The Kier molecular flexibility index (Phi) is 5.59. The first-order valence-corrected chi connectivity index (χ1v) is 14.2. The van der Waals surface area contributed by atoms with Crippen molar-refractivity contribution in [3.8, 4) is 0 Å². The van der Waals surface area contributed by atoms with Crippen LogP contribution in [-0.4, -0.2) is 12.6 Å². The first-order chi connectivity index (χ1) is 15.9. The van der Waals surface area contributed by atoms with Crippen molar-refractivity contribution in [2.24, 2.45) is 67.0 Å². The molecule has 5 aliphatic rings. The normalized spacial score (nSPS) is 53.6. The molecule has 0 amide bonds. The number of rotatable bonds is 4. The van der Waals surface area contributed by atoms with Gasteiger partial charge in [0.2, 0.25) is 0 Å². The van der Waals surface area contributed by atoms with Gasteiger partial charge in [0, 0.05) is 0 Å². The van der Waals surface area contributed by atoms with Crippen LogP contribution in [0.15, 0.2) is 22.5 Å². The van der Waals surface area contributed by atoms with Gasteiger partial charge in [-0.05, 0) is 128 Å². The highest BCUT2D eigenvalue weighted by atomic mass is 16.3. The van der Waals surface area contributed by atoms with Gasteiger partial charge in [-0.2, -0.15) is 9.81 Å². The monoisotopic (exact) mass is 468 g/mol. The Bertz CT molecular complexity index is 883. The average Bonchev–Trinajstić information content (AvgIpc) is 3.14.